The highest BCUT2D eigenvalue weighted by Crippen LogP contribution is 2.24. The van der Waals surface area contributed by atoms with Gasteiger partial charge in [-0.3, -0.25) is 14.5 Å². The number of carboxylic acid groups (broad SMARTS) is 1. The van der Waals surface area contributed by atoms with Crippen LogP contribution in [-0.2, 0) is 9.59 Å². The molecule has 2 rings (SSSR count). The predicted octanol–water partition coefficient (Wildman–Crippen LogP) is 0.572. The number of aliphatic carboxylic acids is 1. The minimum absolute atomic E-state index is 0.0274. The van der Waals surface area contributed by atoms with Crippen LogP contribution in [0.3, 0.4) is 0 Å². The maximum Gasteiger partial charge on any atom is 0.303 e. The van der Waals surface area contributed by atoms with E-state index in [0.29, 0.717) is 12.5 Å². The second-order valence-corrected chi connectivity index (χ2v) is 6.22. The average Bonchev–Trinajstić information content (AvgIpc) is 2.95. The zero-order chi connectivity index (χ0) is 15.2. The van der Waals surface area contributed by atoms with E-state index in [4.69, 9.17) is 5.11 Å². The lowest BCUT2D eigenvalue weighted by Gasteiger charge is -2.35. The molecule has 0 bridgehead atoms. The fourth-order valence-electron chi connectivity index (χ4n) is 3.40. The van der Waals surface area contributed by atoms with E-state index in [1.165, 1.54) is 0 Å². The number of carbonyl (C=O) groups is 2. The second kappa shape index (κ2) is 7.75. The number of nitrogens with zero attached hydrogens (tertiary/aromatic N) is 1. The molecule has 0 aromatic rings. The Morgan fingerprint density at radius 2 is 2.05 bits per heavy atom. The molecule has 21 heavy (non-hydrogen) atoms. The van der Waals surface area contributed by atoms with Crippen LogP contribution in [0.4, 0.5) is 0 Å². The Kier molecular flexibility index (Phi) is 5.99. The van der Waals surface area contributed by atoms with Crippen LogP contribution < -0.4 is 10.6 Å². The van der Waals surface area contributed by atoms with Crippen LogP contribution in [-0.4, -0.2) is 59.6 Å². The van der Waals surface area contributed by atoms with Gasteiger partial charge in [0.15, 0.2) is 0 Å². The summed E-state index contributed by atoms with van der Waals surface area (Å²) < 4.78 is 0. The van der Waals surface area contributed by atoms with Gasteiger partial charge in [-0.25, -0.2) is 0 Å². The van der Waals surface area contributed by atoms with Crippen LogP contribution in [0.2, 0.25) is 0 Å². The van der Waals surface area contributed by atoms with Gasteiger partial charge >= 0.3 is 5.97 Å². The molecular weight excluding hydrogens is 270 g/mol. The Morgan fingerprint density at radius 1 is 1.33 bits per heavy atom. The summed E-state index contributed by atoms with van der Waals surface area (Å²) in [7, 11) is 0. The number of hydrogen-bond acceptors (Lipinski definition) is 4. The van der Waals surface area contributed by atoms with Crippen molar-refractivity contribution >= 4 is 11.9 Å². The topological polar surface area (TPSA) is 81.7 Å². The number of amides is 1. The van der Waals surface area contributed by atoms with Crippen molar-refractivity contribution in [3.05, 3.63) is 0 Å². The van der Waals surface area contributed by atoms with Crippen molar-refractivity contribution in [2.75, 3.05) is 19.6 Å². The van der Waals surface area contributed by atoms with Crippen molar-refractivity contribution in [1.82, 2.24) is 15.5 Å². The van der Waals surface area contributed by atoms with Crippen LogP contribution in [0.15, 0.2) is 0 Å². The number of piperidine rings is 1. The fraction of sp³-hybridized carbons (Fsp3) is 0.867. The number of likely N-dealkylation sites (tertiary alicyclic amines) is 1. The molecule has 2 saturated heterocycles. The maximum atomic E-state index is 12.4. The summed E-state index contributed by atoms with van der Waals surface area (Å²) in [5.74, 6) is -0.739. The lowest BCUT2D eigenvalue weighted by molar-refractivity contribution is -0.137. The Balaban J connectivity index is 1.83. The fourth-order valence-corrected chi connectivity index (χ4v) is 3.40. The Bertz CT molecular complexity index is 369. The highest BCUT2D eigenvalue weighted by Gasteiger charge is 2.35. The van der Waals surface area contributed by atoms with E-state index in [2.05, 4.69) is 15.5 Å². The van der Waals surface area contributed by atoms with E-state index < -0.39 is 5.97 Å². The zero-order valence-corrected chi connectivity index (χ0v) is 12.8. The molecule has 0 aliphatic carbocycles. The molecule has 1 amide bonds. The Labute approximate surface area is 126 Å². The van der Waals surface area contributed by atoms with Crippen LogP contribution in [0.5, 0.6) is 0 Å². The molecule has 120 valence electrons. The van der Waals surface area contributed by atoms with Crippen LogP contribution in [0.25, 0.3) is 0 Å². The van der Waals surface area contributed by atoms with E-state index in [9.17, 15) is 9.59 Å². The summed E-state index contributed by atoms with van der Waals surface area (Å²) in [6, 6.07) is 0.406. The van der Waals surface area contributed by atoms with Gasteiger partial charge in [0.25, 0.3) is 0 Å². The van der Waals surface area contributed by atoms with Gasteiger partial charge in [-0.05, 0) is 58.7 Å². The monoisotopic (exact) mass is 297 g/mol. The van der Waals surface area contributed by atoms with Gasteiger partial charge < -0.3 is 15.7 Å². The van der Waals surface area contributed by atoms with Crippen molar-refractivity contribution in [3.63, 3.8) is 0 Å². The Morgan fingerprint density at radius 3 is 2.71 bits per heavy atom. The SMILES string of the molecule is CC(CCC(=O)O)NC(=O)C1CCCN1C1CCNCC1. The first-order chi connectivity index (χ1) is 10.1. The lowest BCUT2D eigenvalue weighted by atomic mass is 10.0. The van der Waals surface area contributed by atoms with Gasteiger partial charge in [0, 0.05) is 18.5 Å². The second-order valence-electron chi connectivity index (χ2n) is 6.22. The van der Waals surface area contributed by atoms with E-state index in [1.54, 1.807) is 0 Å². The molecule has 6 nitrogen and oxygen atoms in total. The molecule has 0 radical (unpaired) electrons. The molecule has 2 aliphatic rings. The molecule has 0 aromatic carbocycles. The zero-order valence-electron chi connectivity index (χ0n) is 12.8. The molecule has 6 heteroatoms. The number of hydrogen-bond donors (Lipinski definition) is 3. The molecule has 3 N–H and O–H groups in total. The van der Waals surface area contributed by atoms with Crippen molar-refractivity contribution in [1.29, 1.82) is 0 Å². The van der Waals surface area contributed by atoms with Crippen molar-refractivity contribution in [2.45, 2.75) is 63.6 Å². The first-order valence-corrected chi connectivity index (χ1v) is 8.06. The summed E-state index contributed by atoms with van der Waals surface area (Å²) in [5, 5.41) is 15.0. The van der Waals surface area contributed by atoms with Crippen molar-refractivity contribution in [2.24, 2.45) is 0 Å². The molecule has 0 saturated carbocycles. The van der Waals surface area contributed by atoms with Gasteiger partial charge in [-0.1, -0.05) is 0 Å². The summed E-state index contributed by atoms with van der Waals surface area (Å²) in [6.07, 6.45) is 4.80. The number of rotatable bonds is 6. The molecule has 2 heterocycles. The summed E-state index contributed by atoms with van der Waals surface area (Å²) >= 11 is 0. The lowest BCUT2D eigenvalue weighted by Crippen LogP contribution is -2.52. The first-order valence-electron chi connectivity index (χ1n) is 8.06. The van der Waals surface area contributed by atoms with Crippen molar-refractivity contribution < 1.29 is 14.7 Å². The van der Waals surface area contributed by atoms with E-state index in [1.807, 2.05) is 6.92 Å². The largest absolute Gasteiger partial charge is 0.481 e. The quantitative estimate of drug-likeness (QED) is 0.668. The predicted molar refractivity (Wildman–Crippen MR) is 80.1 cm³/mol. The highest BCUT2D eigenvalue weighted by molar-refractivity contribution is 5.82. The molecule has 2 unspecified atom stereocenters. The molecule has 2 atom stereocenters. The Hall–Kier alpha value is -1.14. The molecular formula is C15H27N3O3. The van der Waals surface area contributed by atoms with E-state index in [0.717, 1.165) is 45.3 Å². The van der Waals surface area contributed by atoms with Gasteiger partial charge in [-0.2, -0.15) is 0 Å². The highest BCUT2D eigenvalue weighted by atomic mass is 16.4. The van der Waals surface area contributed by atoms with Crippen LogP contribution in [0.1, 0.15) is 45.4 Å². The summed E-state index contributed by atoms with van der Waals surface area (Å²) in [5.41, 5.74) is 0. The van der Waals surface area contributed by atoms with E-state index in [-0.39, 0.29) is 24.4 Å². The molecule has 2 fully saturated rings. The third-order valence-electron chi connectivity index (χ3n) is 4.55. The average molecular weight is 297 g/mol. The summed E-state index contributed by atoms with van der Waals surface area (Å²) in [4.78, 5) is 25.4. The minimum Gasteiger partial charge on any atom is -0.481 e. The number of carboxylic acids is 1. The van der Waals surface area contributed by atoms with E-state index >= 15 is 0 Å². The maximum absolute atomic E-state index is 12.4. The van der Waals surface area contributed by atoms with Crippen LogP contribution >= 0.6 is 0 Å². The smallest absolute Gasteiger partial charge is 0.303 e. The standard InChI is InChI=1S/C15H27N3O3/c1-11(4-5-14(19)20)17-15(21)13-3-2-10-18(13)12-6-8-16-9-7-12/h11-13,16H,2-10H2,1H3,(H,17,21)(H,19,20). The van der Waals surface area contributed by atoms with Gasteiger partial charge in [0.2, 0.25) is 5.91 Å². The van der Waals surface area contributed by atoms with Gasteiger partial charge in [0.1, 0.15) is 0 Å². The minimum atomic E-state index is -0.812. The molecule has 0 spiro atoms. The van der Waals surface area contributed by atoms with Gasteiger partial charge in [-0.15, -0.1) is 0 Å². The molecule has 2 aliphatic heterocycles. The third kappa shape index (κ3) is 4.68. The normalized spacial score (nSPS) is 25.7. The number of nitrogens with one attached hydrogen (secondary N) is 2. The third-order valence-corrected chi connectivity index (χ3v) is 4.55. The van der Waals surface area contributed by atoms with Crippen LogP contribution in [0, 0.1) is 0 Å². The van der Waals surface area contributed by atoms with Gasteiger partial charge in [0.05, 0.1) is 6.04 Å². The molecule has 0 aromatic heterocycles. The van der Waals surface area contributed by atoms with Crippen molar-refractivity contribution in [3.8, 4) is 0 Å². The first kappa shape index (κ1) is 16.2. The number of carbonyl (C=O) groups excluding carboxylic acids is 1. The summed E-state index contributed by atoms with van der Waals surface area (Å²) in [6.45, 7) is 4.95.